The number of esters is 1. The van der Waals surface area contributed by atoms with Crippen molar-refractivity contribution in [3.05, 3.63) is 129 Å². The van der Waals surface area contributed by atoms with Gasteiger partial charge >= 0.3 is 5.97 Å². The van der Waals surface area contributed by atoms with Crippen LogP contribution in [0.1, 0.15) is 31.4 Å². The highest BCUT2D eigenvalue weighted by atomic mass is 35.5. The Bertz CT molecular complexity index is 1870. The normalized spacial score (nSPS) is 21.5. The highest BCUT2D eigenvalue weighted by Crippen LogP contribution is 2.55. The Morgan fingerprint density at radius 1 is 0.956 bits per heavy atom. The fourth-order valence-electron chi connectivity index (χ4n) is 6.33. The van der Waals surface area contributed by atoms with Crippen LogP contribution in [0.3, 0.4) is 0 Å². The lowest BCUT2D eigenvalue weighted by Crippen LogP contribution is -2.59. The zero-order valence-corrected chi connectivity index (χ0v) is 25.1. The van der Waals surface area contributed by atoms with E-state index in [0.29, 0.717) is 22.2 Å². The molecule has 3 heterocycles. The van der Waals surface area contributed by atoms with Gasteiger partial charge in [-0.1, -0.05) is 59.2 Å². The minimum atomic E-state index is -1.21. The zero-order valence-electron chi connectivity index (χ0n) is 24.3. The predicted octanol–water partition coefficient (Wildman–Crippen LogP) is 6.62. The van der Waals surface area contributed by atoms with Gasteiger partial charge in [0.05, 0.1) is 35.0 Å². The van der Waals surface area contributed by atoms with E-state index in [-0.39, 0.29) is 24.6 Å². The molecule has 3 aliphatic heterocycles. The summed E-state index contributed by atoms with van der Waals surface area (Å²) in [5, 5.41) is 23.3. The van der Waals surface area contributed by atoms with Crippen LogP contribution < -0.4 is 14.8 Å². The van der Waals surface area contributed by atoms with Crippen LogP contribution in [0, 0.1) is 10.1 Å². The van der Waals surface area contributed by atoms with Crippen LogP contribution in [0.2, 0.25) is 5.02 Å². The first-order valence-corrected chi connectivity index (χ1v) is 14.7. The van der Waals surface area contributed by atoms with Crippen molar-refractivity contribution in [2.45, 2.75) is 31.7 Å². The number of fused-ring (bicyclic) bond motifs is 5. The number of benzene rings is 4. The Morgan fingerprint density at radius 3 is 2.24 bits per heavy atom. The molecule has 4 aromatic carbocycles. The van der Waals surface area contributed by atoms with Gasteiger partial charge in [0.25, 0.3) is 5.69 Å². The number of carbonyl (C=O) groups excluding carboxylic acids is 1. The highest BCUT2D eigenvalue weighted by Gasteiger charge is 2.62. The van der Waals surface area contributed by atoms with Crippen LogP contribution >= 0.6 is 11.6 Å². The maximum absolute atomic E-state index is 13.6. The van der Waals surface area contributed by atoms with Crippen LogP contribution in [-0.4, -0.2) is 34.8 Å². The molecule has 2 unspecified atom stereocenters. The Hall–Kier alpha value is -5.42. The predicted molar refractivity (Wildman–Crippen MR) is 171 cm³/mol. The molecular formula is C33H27ClN6O5. The molecule has 0 saturated carbocycles. The van der Waals surface area contributed by atoms with Gasteiger partial charge in [-0.25, -0.2) is 9.80 Å². The summed E-state index contributed by atoms with van der Waals surface area (Å²) in [6.45, 7) is 3.84. The van der Waals surface area contributed by atoms with Crippen molar-refractivity contribution in [3.63, 3.8) is 0 Å². The van der Waals surface area contributed by atoms with Gasteiger partial charge < -0.3 is 9.57 Å². The zero-order chi connectivity index (χ0) is 31.3. The molecular weight excluding hydrogens is 596 g/mol. The number of hydrogen-bond acceptors (Lipinski definition) is 10. The number of nitro benzene ring substituents is 1. The number of rotatable bonds is 6. The SMILES string of the molecule is CCOC(=O)C1=NN(c2ccc([N+](=O)[O-])cc2)C2(C)CC3(c4ccccc4)ON=C(c4ccc(Cl)cc4)N3c3ccccc3N12. The van der Waals surface area contributed by atoms with E-state index in [1.54, 1.807) is 36.2 Å². The Morgan fingerprint density at radius 2 is 1.60 bits per heavy atom. The van der Waals surface area contributed by atoms with Crippen molar-refractivity contribution in [3.8, 4) is 0 Å². The number of non-ortho nitro benzene ring substituents is 1. The molecule has 12 heteroatoms. The number of nitrogens with zero attached hydrogens (tertiary/aromatic N) is 6. The van der Waals surface area contributed by atoms with E-state index in [1.165, 1.54) is 12.1 Å². The number of anilines is 3. The molecule has 11 nitrogen and oxygen atoms in total. The van der Waals surface area contributed by atoms with E-state index < -0.39 is 22.3 Å². The van der Waals surface area contributed by atoms with E-state index in [9.17, 15) is 14.9 Å². The molecule has 0 aliphatic carbocycles. The van der Waals surface area contributed by atoms with Crippen molar-refractivity contribution in [1.82, 2.24) is 0 Å². The third kappa shape index (κ3) is 4.38. The first kappa shape index (κ1) is 28.4. The third-order valence-corrected chi connectivity index (χ3v) is 8.48. The summed E-state index contributed by atoms with van der Waals surface area (Å²) in [5.74, 6) is 0.0232. The summed E-state index contributed by atoms with van der Waals surface area (Å²) >= 11 is 6.25. The minimum absolute atomic E-state index is 0.0622. The Balaban J connectivity index is 1.49. The summed E-state index contributed by atoms with van der Waals surface area (Å²) in [6, 6.07) is 30.9. The molecule has 0 radical (unpaired) electrons. The maximum atomic E-state index is 13.6. The molecule has 0 bridgehead atoms. The molecule has 0 amide bonds. The number of carbonyl (C=O) groups is 1. The molecule has 4 aromatic rings. The molecule has 0 saturated heterocycles. The lowest BCUT2D eigenvalue weighted by atomic mass is 9.89. The van der Waals surface area contributed by atoms with Gasteiger partial charge in [0.15, 0.2) is 5.84 Å². The summed E-state index contributed by atoms with van der Waals surface area (Å²) in [6.07, 6.45) is 0.211. The molecule has 2 atom stereocenters. The standard InChI is InChI=1S/C33H27ClN6O5/c1-3-44-31(41)30-35-39(25-17-19-26(20-18-25)40(42)43)32(2)21-33(23-9-5-4-6-10-23)38(28-12-8-7-11-27(28)37(30)32)29(36-45-33)22-13-15-24(34)16-14-22/h4-20H,3,21H2,1-2H3. The number of para-hydroxylation sites is 2. The second-order valence-electron chi connectivity index (χ2n) is 10.9. The van der Waals surface area contributed by atoms with Gasteiger partial charge in [-0.3, -0.25) is 19.9 Å². The molecule has 45 heavy (non-hydrogen) atoms. The fraction of sp³-hybridized carbons (Fsp3) is 0.182. The summed E-state index contributed by atoms with van der Waals surface area (Å²) in [7, 11) is 0. The molecule has 0 spiro atoms. The first-order chi connectivity index (χ1) is 21.8. The quantitative estimate of drug-likeness (QED) is 0.134. The molecule has 226 valence electrons. The molecule has 3 aliphatic rings. The lowest BCUT2D eigenvalue weighted by Gasteiger charge is -2.44. The number of amidine groups is 2. The van der Waals surface area contributed by atoms with E-state index in [4.69, 9.17) is 26.3 Å². The third-order valence-electron chi connectivity index (χ3n) is 8.23. The molecule has 7 rings (SSSR count). The number of ether oxygens (including phenoxy) is 1. The van der Waals surface area contributed by atoms with Crippen LogP contribution in [0.25, 0.3) is 0 Å². The topological polar surface area (TPSA) is 113 Å². The van der Waals surface area contributed by atoms with Gasteiger partial charge in [0, 0.05) is 28.3 Å². The number of hydrogen-bond donors (Lipinski definition) is 0. The number of oxime groups is 1. The second kappa shape index (κ2) is 10.6. The molecule has 0 fully saturated rings. The first-order valence-electron chi connectivity index (χ1n) is 14.3. The van der Waals surface area contributed by atoms with Gasteiger partial charge in [-0.15, -0.1) is 5.10 Å². The van der Waals surface area contributed by atoms with Gasteiger partial charge in [0.2, 0.25) is 11.6 Å². The Labute approximate surface area is 263 Å². The Kier molecular flexibility index (Phi) is 6.70. The van der Waals surface area contributed by atoms with Gasteiger partial charge in [-0.05, 0) is 62.4 Å². The van der Waals surface area contributed by atoms with Crippen molar-refractivity contribution >= 4 is 52.0 Å². The number of nitro groups is 1. The van der Waals surface area contributed by atoms with Crippen LogP contribution in [0.5, 0.6) is 0 Å². The molecule has 0 aromatic heterocycles. The minimum Gasteiger partial charge on any atom is -0.460 e. The van der Waals surface area contributed by atoms with Crippen LogP contribution in [0.15, 0.2) is 113 Å². The molecule has 0 N–H and O–H groups in total. The van der Waals surface area contributed by atoms with Gasteiger partial charge in [0.1, 0.15) is 5.66 Å². The van der Waals surface area contributed by atoms with E-state index in [2.05, 4.69) is 10.1 Å². The number of halogens is 1. The van der Waals surface area contributed by atoms with E-state index in [1.807, 2.05) is 78.6 Å². The lowest BCUT2D eigenvalue weighted by molar-refractivity contribution is -0.384. The van der Waals surface area contributed by atoms with E-state index in [0.717, 1.165) is 16.8 Å². The van der Waals surface area contributed by atoms with Crippen molar-refractivity contribution in [1.29, 1.82) is 0 Å². The maximum Gasteiger partial charge on any atom is 0.376 e. The van der Waals surface area contributed by atoms with E-state index >= 15 is 0 Å². The van der Waals surface area contributed by atoms with Crippen LogP contribution in [-0.2, 0) is 20.1 Å². The van der Waals surface area contributed by atoms with Crippen molar-refractivity contribution in [2.75, 3.05) is 21.4 Å². The van der Waals surface area contributed by atoms with Crippen molar-refractivity contribution in [2.24, 2.45) is 10.3 Å². The van der Waals surface area contributed by atoms with Crippen LogP contribution in [0.4, 0.5) is 22.7 Å². The summed E-state index contributed by atoms with van der Waals surface area (Å²) in [4.78, 5) is 35.1. The van der Waals surface area contributed by atoms with Crippen molar-refractivity contribution < 1.29 is 19.3 Å². The second-order valence-corrected chi connectivity index (χ2v) is 11.4. The smallest absolute Gasteiger partial charge is 0.376 e. The summed E-state index contributed by atoms with van der Waals surface area (Å²) < 4.78 is 5.51. The highest BCUT2D eigenvalue weighted by molar-refractivity contribution is 6.43. The monoisotopic (exact) mass is 622 g/mol. The average molecular weight is 623 g/mol. The number of hydrazone groups is 1. The average Bonchev–Trinajstić information content (AvgIpc) is 3.55. The largest absolute Gasteiger partial charge is 0.460 e. The summed E-state index contributed by atoms with van der Waals surface area (Å²) in [5.41, 5.74) is 1.15. The van der Waals surface area contributed by atoms with Gasteiger partial charge in [-0.2, -0.15) is 0 Å². The fourth-order valence-corrected chi connectivity index (χ4v) is 6.45.